The number of nitro benzene ring substituents is 1. The highest BCUT2D eigenvalue weighted by Crippen LogP contribution is 2.28. The molecule has 8 nitrogen and oxygen atoms in total. The third-order valence-electron chi connectivity index (χ3n) is 2.42. The van der Waals surface area contributed by atoms with Gasteiger partial charge in [-0.05, 0) is 12.1 Å². The lowest BCUT2D eigenvalue weighted by atomic mass is 10.1. The van der Waals surface area contributed by atoms with Crippen molar-refractivity contribution in [3.63, 3.8) is 0 Å². The van der Waals surface area contributed by atoms with Crippen molar-refractivity contribution >= 4 is 23.0 Å². The summed E-state index contributed by atoms with van der Waals surface area (Å²) in [5.74, 6) is -0.605. The summed E-state index contributed by atoms with van der Waals surface area (Å²) in [7, 11) is 1.55. The van der Waals surface area contributed by atoms with E-state index in [4.69, 9.17) is 0 Å². The Kier molecular flexibility index (Phi) is 3.42. The Morgan fingerprint density at radius 2 is 2.26 bits per heavy atom. The Morgan fingerprint density at radius 3 is 2.84 bits per heavy atom. The molecule has 19 heavy (non-hydrogen) atoms. The largest absolute Gasteiger partial charge is 0.383 e. The zero-order chi connectivity index (χ0) is 13.8. The third kappa shape index (κ3) is 2.51. The van der Waals surface area contributed by atoms with Crippen molar-refractivity contribution in [2.45, 2.75) is 0 Å². The maximum Gasteiger partial charge on any atom is 0.305 e. The molecule has 0 saturated carbocycles. The van der Waals surface area contributed by atoms with Gasteiger partial charge in [-0.25, -0.2) is 0 Å². The topological polar surface area (TPSA) is 110 Å². The van der Waals surface area contributed by atoms with Crippen molar-refractivity contribution in [2.75, 3.05) is 17.7 Å². The van der Waals surface area contributed by atoms with Crippen LogP contribution in [0, 0.1) is 10.1 Å². The molecule has 1 aromatic heterocycles. The molecule has 0 spiro atoms. The second-order valence-corrected chi connectivity index (χ2v) is 3.58. The number of hydrogen-bond acceptors (Lipinski definition) is 6. The second-order valence-electron chi connectivity index (χ2n) is 3.58. The SMILES string of the molecule is CNc1cccc(C(=O)Nc2cnoc2)c1[N+](=O)[O-]. The molecule has 1 amide bonds. The van der Waals surface area contributed by atoms with E-state index < -0.39 is 10.8 Å². The van der Waals surface area contributed by atoms with Crippen LogP contribution in [0.25, 0.3) is 0 Å². The van der Waals surface area contributed by atoms with E-state index in [1.54, 1.807) is 13.1 Å². The molecule has 0 fully saturated rings. The predicted octanol–water partition coefficient (Wildman–Crippen LogP) is 1.88. The molecule has 0 saturated heterocycles. The van der Waals surface area contributed by atoms with Crippen molar-refractivity contribution in [1.29, 1.82) is 0 Å². The lowest BCUT2D eigenvalue weighted by molar-refractivity contribution is -0.384. The summed E-state index contributed by atoms with van der Waals surface area (Å²) in [5.41, 5.74) is 0.272. The highest BCUT2D eigenvalue weighted by Gasteiger charge is 2.24. The molecule has 0 aliphatic heterocycles. The van der Waals surface area contributed by atoms with E-state index >= 15 is 0 Å². The van der Waals surface area contributed by atoms with Gasteiger partial charge in [0, 0.05) is 7.05 Å². The number of rotatable bonds is 4. The lowest BCUT2D eigenvalue weighted by Gasteiger charge is -2.07. The number of nitrogens with one attached hydrogen (secondary N) is 2. The zero-order valence-corrected chi connectivity index (χ0v) is 9.91. The molecule has 1 aromatic carbocycles. The molecule has 8 heteroatoms. The molecule has 2 rings (SSSR count). The number of carbonyl (C=O) groups excluding carboxylic acids is 1. The minimum Gasteiger partial charge on any atom is -0.383 e. The number of carbonyl (C=O) groups is 1. The predicted molar refractivity (Wildman–Crippen MR) is 67.1 cm³/mol. The van der Waals surface area contributed by atoms with Gasteiger partial charge in [-0.2, -0.15) is 0 Å². The van der Waals surface area contributed by atoms with Gasteiger partial charge in [0.05, 0.1) is 11.1 Å². The average Bonchev–Trinajstić information content (AvgIpc) is 2.90. The summed E-state index contributed by atoms with van der Waals surface area (Å²) in [4.78, 5) is 22.5. The van der Waals surface area contributed by atoms with Crippen LogP contribution in [-0.2, 0) is 0 Å². The highest BCUT2D eigenvalue weighted by molar-refractivity contribution is 6.08. The first-order valence-corrected chi connectivity index (χ1v) is 5.29. The minimum atomic E-state index is -0.605. The van der Waals surface area contributed by atoms with Crippen molar-refractivity contribution in [3.8, 4) is 0 Å². The molecule has 1 heterocycles. The minimum absolute atomic E-state index is 0.0435. The summed E-state index contributed by atoms with van der Waals surface area (Å²) in [6, 6.07) is 4.46. The monoisotopic (exact) mass is 262 g/mol. The quantitative estimate of drug-likeness (QED) is 0.642. The number of nitrogens with zero attached hydrogens (tertiary/aromatic N) is 2. The molecular formula is C11H10N4O4. The first kappa shape index (κ1) is 12.6. The first-order chi connectivity index (χ1) is 9.13. The van der Waals surface area contributed by atoms with Gasteiger partial charge < -0.3 is 15.2 Å². The van der Waals surface area contributed by atoms with Gasteiger partial charge in [-0.1, -0.05) is 11.2 Å². The molecule has 0 aliphatic carbocycles. The third-order valence-corrected chi connectivity index (χ3v) is 2.42. The smallest absolute Gasteiger partial charge is 0.305 e. The van der Waals surface area contributed by atoms with Gasteiger partial charge in [0.2, 0.25) is 0 Å². The van der Waals surface area contributed by atoms with E-state index in [2.05, 4.69) is 20.3 Å². The van der Waals surface area contributed by atoms with Gasteiger partial charge in [0.15, 0.2) is 0 Å². The fourth-order valence-electron chi connectivity index (χ4n) is 1.59. The van der Waals surface area contributed by atoms with E-state index in [1.165, 1.54) is 24.6 Å². The van der Waals surface area contributed by atoms with Crippen LogP contribution in [0.5, 0.6) is 0 Å². The van der Waals surface area contributed by atoms with Crippen LogP contribution in [0.15, 0.2) is 35.2 Å². The van der Waals surface area contributed by atoms with Crippen LogP contribution < -0.4 is 10.6 Å². The van der Waals surface area contributed by atoms with Gasteiger partial charge in [0.1, 0.15) is 23.2 Å². The Balaban J connectivity index is 2.38. The summed E-state index contributed by atoms with van der Waals surface area (Å²) in [5, 5.41) is 19.6. The summed E-state index contributed by atoms with van der Waals surface area (Å²) >= 11 is 0. The number of amides is 1. The van der Waals surface area contributed by atoms with E-state index in [-0.39, 0.29) is 16.9 Å². The van der Waals surface area contributed by atoms with Crippen LogP contribution in [0.1, 0.15) is 10.4 Å². The standard InChI is InChI=1S/C11H10N4O4/c1-12-9-4-2-3-8(10(9)15(17)18)11(16)14-7-5-13-19-6-7/h2-6,12H,1H3,(H,14,16). The Labute approximate surface area is 107 Å². The fraction of sp³-hybridized carbons (Fsp3) is 0.0909. The molecule has 0 aliphatic rings. The van der Waals surface area contributed by atoms with E-state index in [1.807, 2.05) is 0 Å². The summed E-state index contributed by atoms with van der Waals surface area (Å²) < 4.78 is 4.56. The second kappa shape index (κ2) is 5.17. The highest BCUT2D eigenvalue weighted by atomic mass is 16.6. The molecule has 0 radical (unpaired) electrons. The van der Waals surface area contributed by atoms with Crippen molar-refractivity contribution < 1.29 is 14.2 Å². The van der Waals surface area contributed by atoms with Crippen molar-refractivity contribution in [1.82, 2.24) is 5.16 Å². The van der Waals surface area contributed by atoms with Gasteiger partial charge in [0.25, 0.3) is 5.91 Å². The summed E-state index contributed by atoms with van der Waals surface area (Å²) in [6.07, 6.45) is 2.53. The number of hydrogen-bond donors (Lipinski definition) is 2. The van der Waals surface area contributed by atoms with Gasteiger partial charge >= 0.3 is 5.69 Å². The fourth-order valence-corrected chi connectivity index (χ4v) is 1.59. The normalized spacial score (nSPS) is 9.95. The van der Waals surface area contributed by atoms with Crippen molar-refractivity contribution in [3.05, 3.63) is 46.3 Å². The van der Waals surface area contributed by atoms with Crippen molar-refractivity contribution in [2.24, 2.45) is 0 Å². The number of nitro groups is 1. The Hall–Kier alpha value is -2.90. The molecule has 0 bridgehead atoms. The summed E-state index contributed by atoms with van der Waals surface area (Å²) in [6.45, 7) is 0. The maximum atomic E-state index is 12.0. The number of anilines is 2. The van der Waals surface area contributed by atoms with Crippen LogP contribution in [-0.4, -0.2) is 23.0 Å². The lowest BCUT2D eigenvalue weighted by Crippen LogP contribution is -2.14. The molecule has 0 unspecified atom stereocenters. The molecule has 2 aromatic rings. The average molecular weight is 262 g/mol. The van der Waals surface area contributed by atoms with E-state index in [0.717, 1.165) is 0 Å². The maximum absolute atomic E-state index is 12.0. The van der Waals surface area contributed by atoms with Gasteiger partial charge in [-0.3, -0.25) is 14.9 Å². The Morgan fingerprint density at radius 1 is 1.47 bits per heavy atom. The molecule has 2 N–H and O–H groups in total. The molecular weight excluding hydrogens is 252 g/mol. The van der Waals surface area contributed by atoms with E-state index in [9.17, 15) is 14.9 Å². The van der Waals surface area contributed by atoms with Crippen LogP contribution in [0.3, 0.4) is 0 Å². The van der Waals surface area contributed by atoms with Gasteiger partial charge in [-0.15, -0.1) is 0 Å². The van der Waals surface area contributed by atoms with Crippen LogP contribution in [0.2, 0.25) is 0 Å². The molecule has 98 valence electrons. The zero-order valence-electron chi connectivity index (χ0n) is 9.91. The number of para-hydroxylation sites is 1. The van der Waals surface area contributed by atoms with E-state index in [0.29, 0.717) is 5.69 Å². The van der Waals surface area contributed by atoms with Crippen LogP contribution >= 0.6 is 0 Å². The number of benzene rings is 1. The molecule has 0 atom stereocenters. The number of aromatic nitrogens is 1. The Bertz CT molecular complexity index is 609. The van der Waals surface area contributed by atoms with Crippen LogP contribution in [0.4, 0.5) is 17.1 Å². The first-order valence-electron chi connectivity index (χ1n) is 5.29.